The summed E-state index contributed by atoms with van der Waals surface area (Å²) in [4.78, 5) is 4.33. The Labute approximate surface area is 238 Å². The second-order valence-corrected chi connectivity index (χ2v) is 13.4. The zero-order valence-corrected chi connectivity index (χ0v) is 23.6. The standard InChI is InChI=1S/C36H41N3O/c1-37-31-12-8-22(18-32(31)39-21-25-5-4-16-38-25)26-9-10-28(35-24-7-6-23(17-24)34(26)35)27-11-13-33(40)30-20-36(19-29(27)30)14-2-3-15-36/h8-13,18,23-25,38-40H,1-7,14-17,19-21H2. The van der Waals surface area contributed by atoms with E-state index in [4.69, 9.17) is 0 Å². The molecular weight excluding hydrogens is 490 g/mol. The maximum atomic E-state index is 10.9. The van der Waals surface area contributed by atoms with Gasteiger partial charge in [-0.1, -0.05) is 37.1 Å². The van der Waals surface area contributed by atoms with Crippen LogP contribution in [0.2, 0.25) is 0 Å². The van der Waals surface area contributed by atoms with Crippen molar-refractivity contribution in [2.45, 2.75) is 88.5 Å². The summed E-state index contributed by atoms with van der Waals surface area (Å²) in [6, 6.07) is 16.2. The minimum absolute atomic E-state index is 0.385. The molecule has 0 radical (unpaired) electrons. The number of rotatable bonds is 6. The van der Waals surface area contributed by atoms with Crippen molar-refractivity contribution in [3.63, 3.8) is 0 Å². The molecule has 2 bridgehead atoms. The topological polar surface area (TPSA) is 56.7 Å². The summed E-state index contributed by atoms with van der Waals surface area (Å²) >= 11 is 0. The van der Waals surface area contributed by atoms with E-state index in [0.29, 0.717) is 29.0 Å². The van der Waals surface area contributed by atoms with Gasteiger partial charge in [-0.25, -0.2) is 0 Å². The van der Waals surface area contributed by atoms with Gasteiger partial charge >= 0.3 is 0 Å². The SMILES string of the molecule is C=Nc1ccc(-c2ccc(-c3ccc(O)c4c3CC3(CCCC3)C4)c3c2C2CCC3C2)cc1NCC1CCCN1. The molecule has 1 saturated heterocycles. The summed E-state index contributed by atoms with van der Waals surface area (Å²) < 4.78 is 0. The van der Waals surface area contributed by atoms with Gasteiger partial charge in [0, 0.05) is 12.6 Å². The Hall–Kier alpha value is -3.11. The number of phenols is 1. The zero-order valence-electron chi connectivity index (χ0n) is 23.6. The lowest BCUT2D eigenvalue weighted by Crippen LogP contribution is -2.29. The van der Waals surface area contributed by atoms with E-state index >= 15 is 0 Å². The van der Waals surface area contributed by atoms with Gasteiger partial charge in [0.15, 0.2) is 0 Å². The molecule has 4 heteroatoms. The number of aliphatic imine (C=N–C) groups is 1. The number of hydrogen-bond donors (Lipinski definition) is 3. The lowest BCUT2D eigenvalue weighted by Gasteiger charge is -2.25. The molecule has 1 aliphatic heterocycles. The smallest absolute Gasteiger partial charge is 0.119 e. The van der Waals surface area contributed by atoms with Crippen molar-refractivity contribution in [1.82, 2.24) is 5.32 Å². The highest BCUT2D eigenvalue weighted by atomic mass is 16.3. The van der Waals surface area contributed by atoms with Crippen LogP contribution in [-0.2, 0) is 12.8 Å². The van der Waals surface area contributed by atoms with Crippen molar-refractivity contribution < 1.29 is 5.11 Å². The van der Waals surface area contributed by atoms with Gasteiger partial charge in [-0.3, -0.25) is 4.99 Å². The fraction of sp³-hybridized carbons (Fsp3) is 0.472. The molecule has 3 unspecified atom stereocenters. The first-order valence-electron chi connectivity index (χ1n) is 15.7. The van der Waals surface area contributed by atoms with Crippen LogP contribution < -0.4 is 10.6 Å². The zero-order chi connectivity index (χ0) is 26.8. The summed E-state index contributed by atoms with van der Waals surface area (Å²) in [7, 11) is 0. The fourth-order valence-electron chi connectivity index (χ4n) is 9.28. The van der Waals surface area contributed by atoms with E-state index in [1.54, 1.807) is 11.1 Å². The van der Waals surface area contributed by atoms with E-state index in [2.05, 4.69) is 58.7 Å². The van der Waals surface area contributed by atoms with Crippen molar-refractivity contribution in [2.75, 3.05) is 18.4 Å². The van der Waals surface area contributed by atoms with E-state index in [9.17, 15) is 5.11 Å². The van der Waals surface area contributed by atoms with Crippen LogP contribution in [0, 0.1) is 5.41 Å². The Morgan fingerprint density at radius 2 is 1.62 bits per heavy atom. The van der Waals surface area contributed by atoms with Crippen LogP contribution in [-0.4, -0.2) is 31.0 Å². The quantitative estimate of drug-likeness (QED) is 0.281. The molecule has 3 atom stereocenters. The van der Waals surface area contributed by atoms with Crippen molar-refractivity contribution in [1.29, 1.82) is 0 Å². The van der Waals surface area contributed by atoms with Crippen LogP contribution in [0.3, 0.4) is 0 Å². The summed E-state index contributed by atoms with van der Waals surface area (Å²) in [5, 5.41) is 18.2. The second-order valence-electron chi connectivity index (χ2n) is 13.4. The number of fused-ring (bicyclic) bond motifs is 6. The minimum Gasteiger partial charge on any atom is -0.508 e. The van der Waals surface area contributed by atoms with Crippen LogP contribution in [0.4, 0.5) is 11.4 Å². The van der Waals surface area contributed by atoms with Crippen molar-refractivity contribution >= 4 is 18.1 Å². The number of anilines is 1. The normalized spacial score (nSPS) is 25.4. The Balaban J connectivity index is 1.21. The van der Waals surface area contributed by atoms with Gasteiger partial charge in [0.2, 0.25) is 0 Å². The molecule has 4 aliphatic carbocycles. The summed E-state index contributed by atoms with van der Waals surface area (Å²) in [6.07, 6.45) is 13.9. The predicted octanol–water partition coefficient (Wildman–Crippen LogP) is 8.25. The molecule has 0 aromatic heterocycles. The monoisotopic (exact) mass is 531 g/mol. The van der Waals surface area contributed by atoms with E-state index in [-0.39, 0.29) is 0 Å². The first kappa shape index (κ1) is 24.7. The van der Waals surface area contributed by atoms with E-state index in [1.165, 1.54) is 91.2 Å². The predicted molar refractivity (Wildman–Crippen MR) is 165 cm³/mol. The van der Waals surface area contributed by atoms with E-state index in [0.717, 1.165) is 37.3 Å². The molecule has 3 aromatic carbocycles. The van der Waals surface area contributed by atoms with E-state index in [1.807, 2.05) is 6.07 Å². The first-order valence-corrected chi connectivity index (χ1v) is 15.7. The third kappa shape index (κ3) is 3.86. The largest absolute Gasteiger partial charge is 0.508 e. The molecular formula is C36H41N3O. The molecule has 3 fully saturated rings. The average molecular weight is 532 g/mol. The van der Waals surface area contributed by atoms with Crippen LogP contribution in [0.5, 0.6) is 5.75 Å². The van der Waals surface area contributed by atoms with Gasteiger partial charge in [0.1, 0.15) is 5.75 Å². The number of benzene rings is 3. The van der Waals surface area contributed by atoms with Gasteiger partial charge in [0.05, 0.1) is 11.4 Å². The highest BCUT2D eigenvalue weighted by molar-refractivity contribution is 5.85. The number of nitrogens with one attached hydrogen (secondary N) is 2. The first-order chi connectivity index (χ1) is 19.6. The summed E-state index contributed by atoms with van der Waals surface area (Å²) in [5.41, 5.74) is 13.8. The average Bonchev–Trinajstić information content (AvgIpc) is 3.82. The third-order valence-electron chi connectivity index (χ3n) is 11.2. The molecule has 5 aliphatic rings. The highest BCUT2D eigenvalue weighted by Crippen LogP contribution is 2.60. The minimum atomic E-state index is 0.385. The molecule has 4 nitrogen and oxygen atoms in total. The summed E-state index contributed by atoms with van der Waals surface area (Å²) in [5.74, 6) is 1.82. The van der Waals surface area contributed by atoms with Crippen molar-refractivity contribution in [2.24, 2.45) is 10.4 Å². The van der Waals surface area contributed by atoms with E-state index < -0.39 is 0 Å². The number of phenolic OH excluding ortho intramolecular Hbond substituents is 1. The van der Waals surface area contributed by atoms with Gasteiger partial charge in [-0.05, 0) is 151 Å². The van der Waals surface area contributed by atoms with Gasteiger partial charge in [-0.15, -0.1) is 0 Å². The van der Waals surface area contributed by atoms with Crippen molar-refractivity contribution in [3.05, 3.63) is 64.7 Å². The molecule has 1 heterocycles. The van der Waals surface area contributed by atoms with Crippen molar-refractivity contribution in [3.8, 4) is 28.0 Å². The van der Waals surface area contributed by atoms with Crippen LogP contribution in [0.1, 0.15) is 91.9 Å². The molecule has 206 valence electrons. The Bertz CT molecular complexity index is 1490. The number of aromatic hydroxyl groups is 1. The lowest BCUT2D eigenvalue weighted by atomic mass is 9.79. The maximum absolute atomic E-state index is 10.9. The second kappa shape index (κ2) is 9.48. The Morgan fingerprint density at radius 3 is 2.40 bits per heavy atom. The lowest BCUT2D eigenvalue weighted by molar-refractivity contribution is 0.315. The number of nitrogens with zero attached hydrogens (tertiary/aromatic N) is 1. The Kier molecular flexibility index (Phi) is 5.85. The highest BCUT2D eigenvalue weighted by Gasteiger charge is 2.44. The third-order valence-corrected chi connectivity index (χ3v) is 11.2. The maximum Gasteiger partial charge on any atom is 0.119 e. The summed E-state index contributed by atoms with van der Waals surface area (Å²) in [6.45, 7) is 5.88. The molecule has 0 amide bonds. The van der Waals surface area contributed by atoms with Crippen LogP contribution in [0.15, 0.2) is 47.5 Å². The molecule has 3 N–H and O–H groups in total. The van der Waals surface area contributed by atoms with Crippen LogP contribution in [0.25, 0.3) is 22.3 Å². The van der Waals surface area contributed by atoms with Gasteiger partial charge < -0.3 is 15.7 Å². The molecule has 2 saturated carbocycles. The fourth-order valence-corrected chi connectivity index (χ4v) is 9.28. The Morgan fingerprint density at radius 1 is 0.875 bits per heavy atom. The molecule has 8 rings (SSSR count). The molecule has 1 spiro atoms. The molecule has 40 heavy (non-hydrogen) atoms. The van der Waals surface area contributed by atoms with Gasteiger partial charge in [-0.2, -0.15) is 0 Å². The van der Waals surface area contributed by atoms with Gasteiger partial charge in [0.25, 0.3) is 0 Å². The van der Waals surface area contributed by atoms with Crippen LogP contribution >= 0.6 is 0 Å². The number of hydrogen-bond acceptors (Lipinski definition) is 4. The molecule has 3 aromatic rings.